The van der Waals surface area contributed by atoms with E-state index in [1.807, 2.05) is 55.5 Å². The Morgan fingerprint density at radius 2 is 1.79 bits per heavy atom. The minimum absolute atomic E-state index is 0.0644. The van der Waals surface area contributed by atoms with Gasteiger partial charge in [0.1, 0.15) is 5.76 Å². The van der Waals surface area contributed by atoms with Crippen LogP contribution in [0.15, 0.2) is 59.0 Å². The first-order chi connectivity index (χ1) is 9.28. The van der Waals surface area contributed by atoms with Crippen molar-refractivity contribution >= 4 is 16.6 Å². The highest BCUT2D eigenvalue weighted by Gasteiger charge is 2.13. The van der Waals surface area contributed by atoms with Crippen molar-refractivity contribution in [1.82, 2.24) is 0 Å². The molecule has 0 spiro atoms. The number of hydrogen-bond donors (Lipinski definition) is 0. The molecule has 0 aliphatic carbocycles. The summed E-state index contributed by atoms with van der Waals surface area (Å²) in [6.45, 7) is 2.00. The van der Waals surface area contributed by atoms with E-state index in [0.29, 0.717) is 11.3 Å². The fourth-order valence-corrected chi connectivity index (χ4v) is 2.16. The zero-order valence-corrected chi connectivity index (χ0v) is 10.7. The van der Waals surface area contributed by atoms with Crippen molar-refractivity contribution < 1.29 is 9.21 Å². The number of fused-ring (bicyclic) bond motifs is 1. The van der Waals surface area contributed by atoms with E-state index < -0.39 is 0 Å². The Labute approximate surface area is 111 Å². The number of carbonyl (C=O) groups is 1. The number of carbonyl (C=O) groups excluding carboxylic acids is 1. The number of rotatable bonds is 3. The minimum atomic E-state index is -0.0644. The topological polar surface area (TPSA) is 30.2 Å². The maximum Gasteiger partial charge on any atom is 0.228 e. The number of furan rings is 1. The maximum absolute atomic E-state index is 12.3. The predicted octanol–water partition coefficient (Wildman–Crippen LogP) is 4.23. The summed E-state index contributed by atoms with van der Waals surface area (Å²) in [5, 5.41) is 2.20. The second kappa shape index (κ2) is 4.73. The fourth-order valence-electron chi connectivity index (χ4n) is 2.16. The molecule has 0 fully saturated rings. The van der Waals surface area contributed by atoms with Gasteiger partial charge in [-0.15, -0.1) is 0 Å². The van der Waals surface area contributed by atoms with Crippen LogP contribution < -0.4 is 0 Å². The van der Waals surface area contributed by atoms with Crippen molar-refractivity contribution in [1.29, 1.82) is 0 Å². The average Bonchev–Trinajstić information content (AvgIpc) is 2.95. The number of aryl methyl sites for hydroxylation is 1. The van der Waals surface area contributed by atoms with Crippen LogP contribution in [0.25, 0.3) is 10.8 Å². The summed E-state index contributed by atoms with van der Waals surface area (Å²) in [5.41, 5.74) is 0.663. The number of ketones is 1. The molecule has 94 valence electrons. The molecule has 0 saturated heterocycles. The standard InChI is InChI=1S/C17H14O2/c1-2-15-9-10-16(19-15)17(18)14-8-7-12-5-3-4-6-13(12)11-14/h3-11H,2H2,1H3. The molecule has 1 heterocycles. The van der Waals surface area contributed by atoms with E-state index in [1.165, 1.54) is 0 Å². The van der Waals surface area contributed by atoms with Gasteiger partial charge in [0.2, 0.25) is 5.78 Å². The maximum atomic E-state index is 12.3. The first-order valence-electron chi connectivity index (χ1n) is 6.40. The van der Waals surface area contributed by atoms with E-state index in [0.717, 1.165) is 23.0 Å². The molecule has 3 aromatic rings. The first-order valence-corrected chi connectivity index (χ1v) is 6.40. The normalized spacial score (nSPS) is 10.8. The highest BCUT2D eigenvalue weighted by atomic mass is 16.3. The van der Waals surface area contributed by atoms with Crippen LogP contribution >= 0.6 is 0 Å². The average molecular weight is 250 g/mol. The smallest absolute Gasteiger partial charge is 0.228 e. The molecule has 3 rings (SSSR count). The van der Waals surface area contributed by atoms with E-state index in [-0.39, 0.29) is 5.78 Å². The summed E-state index contributed by atoms with van der Waals surface area (Å²) < 4.78 is 5.51. The molecule has 0 unspecified atom stereocenters. The van der Waals surface area contributed by atoms with Gasteiger partial charge in [-0.25, -0.2) is 0 Å². The van der Waals surface area contributed by atoms with Gasteiger partial charge in [0.05, 0.1) is 0 Å². The van der Waals surface area contributed by atoms with Crippen LogP contribution in [0.3, 0.4) is 0 Å². The largest absolute Gasteiger partial charge is 0.458 e. The highest BCUT2D eigenvalue weighted by molar-refractivity contribution is 6.09. The van der Waals surface area contributed by atoms with Gasteiger partial charge in [0, 0.05) is 12.0 Å². The Morgan fingerprint density at radius 3 is 2.53 bits per heavy atom. The van der Waals surface area contributed by atoms with Gasteiger partial charge in [-0.2, -0.15) is 0 Å². The zero-order chi connectivity index (χ0) is 13.2. The third-order valence-electron chi connectivity index (χ3n) is 3.25. The first kappa shape index (κ1) is 11.7. The Hall–Kier alpha value is -2.35. The summed E-state index contributed by atoms with van der Waals surface area (Å²) >= 11 is 0. The summed E-state index contributed by atoms with van der Waals surface area (Å²) in [6, 6.07) is 17.3. The molecule has 19 heavy (non-hydrogen) atoms. The Balaban J connectivity index is 2.01. The summed E-state index contributed by atoms with van der Waals surface area (Å²) in [5.74, 6) is 1.18. The van der Waals surface area contributed by atoms with E-state index in [2.05, 4.69) is 0 Å². The van der Waals surface area contributed by atoms with E-state index in [1.54, 1.807) is 6.07 Å². The predicted molar refractivity (Wildman–Crippen MR) is 75.5 cm³/mol. The molecule has 0 atom stereocenters. The molecule has 0 bridgehead atoms. The minimum Gasteiger partial charge on any atom is -0.458 e. The fraction of sp³-hybridized carbons (Fsp3) is 0.118. The van der Waals surface area contributed by atoms with Gasteiger partial charge in [-0.1, -0.05) is 43.3 Å². The van der Waals surface area contributed by atoms with Gasteiger partial charge < -0.3 is 4.42 Å². The number of benzene rings is 2. The molecular weight excluding hydrogens is 236 g/mol. The summed E-state index contributed by atoms with van der Waals surface area (Å²) in [4.78, 5) is 12.3. The van der Waals surface area contributed by atoms with Gasteiger partial charge >= 0.3 is 0 Å². The van der Waals surface area contributed by atoms with Crippen LogP contribution in [0.5, 0.6) is 0 Å². The van der Waals surface area contributed by atoms with Crippen molar-refractivity contribution in [2.45, 2.75) is 13.3 Å². The summed E-state index contributed by atoms with van der Waals surface area (Å²) in [7, 11) is 0. The molecule has 2 heteroatoms. The Kier molecular flexibility index (Phi) is 2.92. The number of hydrogen-bond acceptors (Lipinski definition) is 2. The molecule has 0 aliphatic heterocycles. The van der Waals surface area contributed by atoms with E-state index in [9.17, 15) is 4.79 Å². The molecular formula is C17H14O2. The molecule has 0 N–H and O–H groups in total. The van der Waals surface area contributed by atoms with E-state index >= 15 is 0 Å². The lowest BCUT2D eigenvalue weighted by molar-refractivity contribution is 0.101. The van der Waals surface area contributed by atoms with Gasteiger partial charge in [0.25, 0.3) is 0 Å². The van der Waals surface area contributed by atoms with Crippen LogP contribution in [0.2, 0.25) is 0 Å². The second-order valence-corrected chi connectivity index (χ2v) is 4.51. The quantitative estimate of drug-likeness (QED) is 0.651. The van der Waals surface area contributed by atoms with E-state index in [4.69, 9.17) is 4.42 Å². The SMILES string of the molecule is CCc1ccc(C(=O)c2ccc3ccccc3c2)o1. The molecule has 0 saturated carbocycles. The van der Waals surface area contributed by atoms with Crippen molar-refractivity contribution in [3.05, 3.63) is 71.7 Å². The van der Waals surface area contributed by atoms with Crippen molar-refractivity contribution in [3.8, 4) is 0 Å². The lowest BCUT2D eigenvalue weighted by Crippen LogP contribution is -1.99. The van der Waals surface area contributed by atoms with Crippen LogP contribution in [-0.4, -0.2) is 5.78 Å². The van der Waals surface area contributed by atoms with Crippen molar-refractivity contribution in [2.75, 3.05) is 0 Å². The van der Waals surface area contributed by atoms with Gasteiger partial charge in [-0.05, 0) is 29.0 Å². The lowest BCUT2D eigenvalue weighted by atomic mass is 10.0. The van der Waals surface area contributed by atoms with Crippen LogP contribution in [0.4, 0.5) is 0 Å². The molecule has 2 aromatic carbocycles. The van der Waals surface area contributed by atoms with Crippen LogP contribution in [0, 0.1) is 0 Å². The third-order valence-corrected chi connectivity index (χ3v) is 3.25. The molecule has 1 aromatic heterocycles. The highest BCUT2D eigenvalue weighted by Crippen LogP contribution is 2.19. The molecule has 0 radical (unpaired) electrons. The second-order valence-electron chi connectivity index (χ2n) is 4.51. The van der Waals surface area contributed by atoms with Crippen molar-refractivity contribution in [2.24, 2.45) is 0 Å². The molecule has 0 aliphatic rings. The van der Waals surface area contributed by atoms with Crippen molar-refractivity contribution in [3.63, 3.8) is 0 Å². The molecule has 0 amide bonds. The van der Waals surface area contributed by atoms with Crippen LogP contribution in [-0.2, 0) is 6.42 Å². The molecule has 2 nitrogen and oxygen atoms in total. The Bertz CT molecular complexity index is 738. The Morgan fingerprint density at radius 1 is 1.00 bits per heavy atom. The van der Waals surface area contributed by atoms with Gasteiger partial charge in [0.15, 0.2) is 5.76 Å². The monoisotopic (exact) mass is 250 g/mol. The van der Waals surface area contributed by atoms with Gasteiger partial charge in [-0.3, -0.25) is 4.79 Å². The lowest BCUT2D eigenvalue weighted by Gasteiger charge is -2.01. The van der Waals surface area contributed by atoms with Crippen LogP contribution in [0.1, 0.15) is 28.8 Å². The third kappa shape index (κ3) is 2.17. The zero-order valence-electron chi connectivity index (χ0n) is 10.7. The summed E-state index contributed by atoms with van der Waals surface area (Å²) in [6.07, 6.45) is 0.797.